The monoisotopic (exact) mass is 534 g/mol. The molecule has 0 spiro atoms. The van der Waals surface area contributed by atoms with Gasteiger partial charge in [0.1, 0.15) is 0 Å². The van der Waals surface area contributed by atoms with Crippen LogP contribution in [-0.4, -0.2) is 46.4 Å². The number of carbonyl (C=O) groups is 2. The van der Waals surface area contributed by atoms with Crippen molar-refractivity contribution in [3.8, 4) is 0 Å². The molecule has 25 heavy (non-hydrogen) atoms. The first kappa shape index (κ1) is 22.8. The van der Waals surface area contributed by atoms with E-state index in [0.29, 0.717) is 0 Å². The first-order chi connectivity index (χ1) is 11.9. The summed E-state index contributed by atoms with van der Waals surface area (Å²) >= 11 is -0.717. The van der Waals surface area contributed by atoms with E-state index < -0.39 is 36.2 Å². The van der Waals surface area contributed by atoms with Crippen molar-refractivity contribution in [2.24, 2.45) is 0 Å². The summed E-state index contributed by atoms with van der Waals surface area (Å²) < 4.78 is 4.74. The van der Waals surface area contributed by atoms with Crippen LogP contribution in [-0.2, 0) is 9.59 Å². The molecule has 0 fully saturated rings. The van der Waals surface area contributed by atoms with E-state index in [2.05, 4.69) is 80.1 Å². The molecule has 0 unspecified atom stereocenters. The number of hydrogen-bond acceptors (Lipinski definition) is 2. The minimum atomic E-state index is -0.833. The molecule has 0 saturated heterocycles. The first-order valence-electron chi connectivity index (χ1n) is 7.50. The fourth-order valence-electron chi connectivity index (χ4n) is 1.47. The van der Waals surface area contributed by atoms with Gasteiger partial charge in [-0.2, -0.15) is 0 Å². The van der Waals surface area contributed by atoms with Crippen molar-refractivity contribution in [3.63, 3.8) is 0 Å². The number of carboxylic acid groups (broad SMARTS) is 2. The zero-order chi connectivity index (χ0) is 18.9. The molecule has 2 N–H and O–H groups in total. The van der Waals surface area contributed by atoms with Gasteiger partial charge < -0.3 is 10.2 Å². The van der Waals surface area contributed by atoms with Gasteiger partial charge in [0.05, 0.1) is 0 Å². The summed E-state index contributed by atoms with van der Waals surface area (Å²) in [7, 11) is 0. The third kappa shape index (κ3) is 18.0. The first-order valence-corrected chi connectivity index (χ1v) is 12.0. The molecular weight excluding hydrogens is 511 g/mol. The molecule has 0 aromatic heterocycles. The molecule has 0 aliphatic heterocycles. The fraction of sp³-hybridized carbons (Fsp3) is 0.100. The zero-order valence-electron chi connectivity index (χ0n) is 14.3. The number of aliphatic carboxylic acids is 2. The van der Waals surface area contributed by atoms with Crippen molar-refractivity contribution >= 4 is 48.3 Å². The van der Waals surface area contributed by atoms with Gasteiger partial charge in [0.25, 0.3) is 11.9 Å². The standard InChI is InChI=1S/2C8H7.2C2H4O2.Pb/c2*1-2-8-6-4-3-5-7-8;2*1-2(3)4;/h2*1-7H;2*1H3,(H,3,4);. The maximum absolute atomic E-state index is 9.00. The molecule has 2 radical (unpaired) electrons. The summed E-state index contributed by atoms with van der Waals surface area (Å²) in [4.78, 5) is 18.0. The fourth-order valence-corrected chi connectivity index (χ4v) is 4.15. The van der Waals surface area contributed by atoms with Crippen LogP contribution in [0, 0.1) is 0 Å². The number of hydrogen-bond donors (Lipinski definition) is 2. The van der Waals surface area contributed by atoms with Gasteiger partial charge in [-0.25, -0.2) is 0 Å². The Labute approximate surface area is 160 Å². The molecule has 0 saturated carbocycles. The van der Waals surface area contributed by atoms with Crippen molar-refractivity contribution in [1.82, 2.24) is 0 Å². The van der Waals surface area contributed by atoms with Crippen molar-refractivity contribution in [3.05, 3.63) is 79.1 Å². The summed E-state index contributed by atoms with van der Waals surface area (Å²) in [6.07, 6.45) is 4.47. The quantitative estimate of drug-likeness (QED) is 0.578. The van der Waals surface area contributed by atoms with Gasteiger partial charge in [0.2, 0.25) is 0 Å². The van der Waals surface area contributed by atoms with Crippen LogP contribution in [0.3, 0.4) is 0 Å². The average molecular weight is 534 g/mol. The van der Waals surface area contributed by atoms with Crippen LogP contribution in [0.1, 0.15) is 25.0 Å². The van der Waals surface area contributed by atoms with Crippen LogP contribution in [0.15, 0.2) is 67.9 Å². The van der Waals surface area contributed by atoms with Gasteiger partial charge in [-0.05, 0) is 0 Å². The van der Waals surface area contributed by atoms with E-state index in [-0.39, 0.29) is 0 Å². The summed E-state index contributed by atoms with van der Waals surface area (Å²) in [6, 6.07) is 21.0. The van der Waals surface area contributed by atoms with E-state index in [1.165, 1.54) is 11.1 Å². The average Bonchev–Trinajstić information content (AvgIpc) is 2.55. The van der Waals surface area contributed by atoms with E-state index in [0.717, 1.165) is 13.8 Å². The van der Waals surface area contributed by atoms with Gasteiger partial charge in [0, 0.05) is 13.8 Å². The van der Waals surface area contributed by atoms with Crippen molar-refractivity contribution in [2.45, 2.75) is 13.8 Å². The van der Waals surface area contributed by atoms with Gasteiger partial charge >= 0.3 is 115 Å². The minimum absolute atomic E-state index is 0.717. The third-order valence-electron chi connectivity index (χ3n) is 2.34. The molecule has 0 atom stereocenters. The molecule has 0 aliphatic rings. The van der Waals surface area contributed by atoms with Gasteiger partial charge in [-0.1, -0.05) is 0 Å². The second-order valence-electron chi connectivity index (χ2n) is 4.69. The van der Waals surface area contributed by atoms with Crippen molar-refractivity contribution in [1.29, 1.82) is 0 Å². The predicted molar refractivity (Wildman–Crippen MR) is 103 cm³/mol. The Bertz CT molecular complexity index is 597. The Kier molecular flexibility index (Phi) is 14.0. The Balaban J connectivity index is 0.000000609. The van der Waals surface area contributed by atoms with Gasteiger partial charge in [-0.3, -0.25) is 9.59 Å². The number of carboxylic acids is 2. The molecule has 0 aliphatic carbocycles. The Morgan fingerprint density at radius 3 is 1.28 bits per heavy atom. The molecular formula is C20H22O4Pb. The Morgan fingerprint density at radius 1 is 0.720 bits per heavy atom. The third-order valence-corrected chi connectivity index (χ3v) is 5.14. The van der Waals surface area contributed by atoms with Crippen LogP contribution in [0.25, 0.3) is 12.2 Å². The Hall–Kier alpha value is -2.22. The molecule has 5 heteroatoms. The van der Waals surface area contributed by atoms with Crippen LogP contribution < -0.4 is 0 Å². The summed E-state index contributed by atoms with van der Waals surface area (Å²) in [6.45, 7) is 2.17. The van der Waals surface area contributed by atoms with E-state index >= 15 is 0 Å². The van der Waals surface area contributed by atoms with Crippen molar-refractivity contribution < 1.29 is 19.8 Å². The van der Waals surface area contributed by atoms with E-state index in [1.807, 2.05) is 0 Å². The summed E-state index contributed by atoms with van der Waals surface area (Å²) in [5.41, 5.74) is 2.60. The predicted octanol–water partition coefficient (Wildman–Crippen LogP) is 4.21. The second kappa shape index (κ2) is 15.3. The van der Waals surface area contributed by atoms with Crippen LogP contribution >= 0.6 is 0 Å². The molecule has 2 aromatic rings. The number of rotatable bonds is 4. The second-order valence-corrected chi connectivity index (χ2v) is 8.58. The maximum atomic E-state index is 9.00. The van der Waals surface area contributed by atoms with Crippen molar-refractivity contribution in [2.75, 3.05) is 0 Å². The van der Waals surface area contributed by atoms with Crippen LogP contribution in [0.4, 0.5) is 0 Å². The zero-order valence-corrected chi connectivity index (χ0v) is 18.2. The van der Waals surface area contributed by atoms with Gasteiger partial charge in [-0.15, -0.1) is 0 Å². The summed E-state index contributed by atoms with van der Waals surface area (Å²) in [5, 5.41) is 14.8. The molecule has 0 heterocycles. The molecule has 2 rings (SSSR count). The topological polar surface area (TPSA) is 74.6 Å². The SMILES string of the molecule is CC(=O)O.CC(=O)O.[CH](=C\c1ccccc1)/[Pb]/[CH]=C/c1ccccc1. The molecule has 2 aromatic carbocycles. The van der Waals surface area contributed by atoms with E-state index in [9.17, 15) is 0 Å². The molecule has 130 valence electrons. The normalized spacial score (nSPS) is 9.68. The molecule has 0 amide bonds. The van der Waals surface area contributed by atoms with E-state index in [4.69, 9.17) is 19.8 Å². The van der Waals surface area contributed by atoms with Crippen LogP contribution in [0.5, 0.6) is 0 Å². The van der Waals surface area contributed by atoms with Gasteiger partial charge in [0.15, 0.2) is 0 Å². The van der Waals surface area contributed by atoms with E-state index in [1.54, 1.807) is 0 Å². The molecule has 0 bridgehead atoms. The Morgan fingerprint density at radius 2 is 1.00 bits per heavy atom. The summed E-state index contributed by atoms with van der Waals surface area (Å²) in [5.74, 6) is -1.67. The number of benzene rings is 2. The molecule has 4 nitrogen and oxygen atoms in total. The van der Waals surface area contributed by atoms with Crippen LogP contribution in [0.2, 0.25) is 0 Å².